The highest BCUT2D eigenvalue weighted by atomic mass is 16.5. The van der Waals surface area contributed by atoms with Crippen molar-refractivity contribution in [2.75, 3.05) is 5.32 Å². The third kappa shape index (κ3) is 3.31. The summed E-state index contributed by atoms with van der Waals surface area (Å²) in [6.07, 6.45) is 0.716. The second-order valence-corrected chi connectivity index (χ2v) is 6.03. The molecule has 126 valence electrons. The minimum atomic E-state index is -1.29. The summed E-state index contributed by atoms with van der Waals surface area (Å²) in [5, 5.41) is 11.8. The zero-order valence-electron chi connectivity index (χ0n) is 13.6. The normalized spacial score (nSPS) is 14.2. The first-order chi connectivity index (χ1) is 11.9. The fourth-order valence-corrected chi connectivity index (χ4v) is 2.42. The number of carboxylic acids is 1. The third-order valence-electron chi connectivity index (χ3n) is 4.23. The highest BCUT2D eigenvalue weighted by molar-refractivity contribution is 6.10. The highest BCUT2D eigenvalue weighted by Crippen LogP contribution is 2.47. The maximum atomic E-state index is 12.2. The van der Waals surface area contributed by atoms with Crippen LogP contribution in [0, 0.1) is 18.9 Å². The number of hydrogen-bond donors (Lipinski definition) is 2. The van der Waals surface area contributed by atoms with Crippen LogP contribution in [0.4, 0.5) is 11.4 Å². The van der Waals surface area contributed by atoms with Crippen molar-refractivity contribution in [2.45, 2.75) is 19.8 Å². The van der Waals surface area contributed by atoms with Gasteiger partial charge in [0.2, 0.25) is 5.91 Å². The van der Waals surface area contributed by atoms with Crippen LogP contribution < -0.4 is 10.1 Å². The summed E-state index contributed by atoms with van der Waals surface area (Å²) < 4.78 is 5.81. The number of carbonyl (C=O) groups excluding carboxylic acids is 1. The molecule has 1 aliphatic rings. The molecule has 0 atom stereocenters. The van der Waals surface area contributed by atoms with E-state index in [1.807, 2.05) is 6.92 Å². The van der Waals surface area contributed by atoms with Gasteiger partial charge in [0.15, 0.2) is 5.69 Å². The Morgan fingerprint density at radius 3 is 2.44 bits per heavy atom. The SMILES string of the molecule is [C-]#[N+]c1ccc(Oc2cc(NC(=O)C3(C(=O)O)CC3)ccc2C)cc1. The number of amides is 1. The van der Waals surface area contributed by atoms with Crippen LogP contribution in [0.15, 0.2) is 42.5 Å². The van der Waals surface area contributed by atoms with Gasteiger partial charge in [-0.05, 0) is 43.5 Å². The number of aliphatic carboxylic acids is 1. The Labute approximate surface area is 144 Å². The molecule has 25 heavy (non-hydrogen) atoms. The zero-order valence-corrected chi connectivity index (χ0v) is 13.6. The second kappa shape index (κ2) is 6.29. The number of anilines is 1. The van der Waals surface area contributed by atoms with Gasteiger partial charge in [-0.25, -0.2) is 4.85 Å². The molecule has 1 aliphatic carbocycles. The number of benzene rings is 2. The molecule has 2 N–H and O–H groups in total. The number of ether oxygens (including phenoxy) is 1. The first-order valence-electron chi connectivity index (χ1n) is 7.75. The minimum Gasteiger partial charge on any atom is -0.480 e. The lowest BCUT2D eigenvalue weighted by molar-refractivity contribution is -0.147. The summed E-state index contributed by atoms with van der Waals surface area (Å²) in [6, 6.07) is 11.9. The lowest BCUT2D eigenvalue weighted by Crippen LogP contribution is -2.31. The summed E-state index contributed by atoms with van der Waals surface area (Å²) in [5.41, 5.74) is 0.581. The molecule has 0 unspecified atom stereocenters. The van der Waals surface area contributed by atoms with Crippen LogP contribution in [0.25, 0.3) is 4.85 Å². The van der Waals surface area contributed by atoms with Crippen molar-refractivity contribution in [2.24, 2.45) is 5.41 Å². The molecule has 0 bridgehead atoms. The van der Waals surface area contributed by atoms with Crippen molar-refractivity contribution >= 4 is 23.3 Å². The third-order valence-corrected chi connectivity index (χ3v) is 4.23. The molecule has 2 aromatic rings. The Morgan fingerprint density at radius 1 is 1.20 bits per heavy atom. The fraction of sp³-hybridized carbons (Fsp3) is 0.211. The van der Waals surface area contributed by atoms with Gasteiger partial charge in [0.05, 0.1) is 6.57 Å². The minimum absolute atomic E-state index is 0.358. The van der Waals surface area contributed by atoms with Gasteiger partial charge in [0, 0.05) is 11.8 Å². The molecule has 0 saturated heterocycles. The standard InChI is InChI=1S/C19H16N2O4/c1-12-3-4-14(21-17(22)19(9-10-19)18(23)24)11-16(12)25-15-7-5-13(20-2)6-8-15/h3-8,11H,9-10H2,1H3,(H,21,22)(H,23,24). The van der Waals surface area contributed by atoms with E-state index in [2.05, 4.69) is 10.2 Å². The van der Waals surface area contributed by atoms with Crippen molar-refractivity contribution in [3.63, 3.8) is 0 Å². The molecule has 6 nitrogen and oxygen atoms in total. The molecule has 0 aromatic heterocycles. The molecule has 0 aliphatic heterocycles. The van der Waals surface area contributed by atoms with E-state index in [4.69, 9.17) is 11.3 Å². The average Bonchev–Trinajstić information content (AvgIpc) is 3.40. The first kappa shape index (κ1) is 16.5. The fourth-order valence-electron chi connectivity index (χ4n) is 2.42. The van der Waals surface area contributed by atoms with E-state index in [9.17, 15) is 14.7 Å². The Hall–Kier alpha value is -3.33. The van der Waals surface area contributed by atoms with E-state index in [0.717, 1.165) is 5.56 Å². The van der Waals surface area contributed by atoms with Gasteiger partial charge in [-0.15, -0.1) is 0 Å². The van der Waals surface area contributed by atoms with Crippen molar-refractivity contribution < 1.29 is 19.4 Å². The van der Waals surface area contributed by atoms with Gasteiger partial charge < -0.3 is 15.2 Å². The molecule has 0 heterocycles. The smallest absolute Gasteiger partial charge is 0.319 e. The summed E-state index contributed by atoms with van der Waals surface area (Å²) in [7, 11) is 0. The summed E-state index contributed by atoms with van der Waals surface area (Å²) in [4.78, 5) is 26.8. The Balaban J connectivity index is 1.77. The van der Waals surface area contributed by atoms with Gasteiger partial charge in [-0.3, -0.25) is 9.59 Å². The molecule has 1 amide bonds. The largest absolute Gasteiger partial charge is 0.480 e. The van der Waals surface area contributed by atoms with E-state index in [1.54, 1.807) is 42.5 Å². The maximum absolute atomic E-state index is 12.2. The molecule has 0 radical (unpaired) electrons. The Morgan fingerprint density at radius 2 is 1.88 bits per heavy atom. The molecule has 2 aromatic carbocycles. The van der Waals surface area contributed by atoms with Crippen LogP contribution in [-0.4, -0.2) is 17.0 Å². The summed E-state index contributed by atoms with van der Waals surface area (Å²) >= 11 is 0. The van der Waals surface area contributed by atoms with Crippen molar-refractivity contribution in [1.82, 2.24) is 0 Å². The summed E-state index contributed by atoms with van der Waals surface area (Å²) in [5.74, 6) is -0.471. The molecular weight excluding hydrogens is 320 g/mol. The van der Waals surface area contributed by atoms with Crippen LogP contribution in [0.5, 0.6) is 11.5 Å². The van der Waals surface area contributed by atoms with Gasteiger partial charge in [-0.2, -0.15) is 0 Å². The van der Waals surface area contributed by atoms with Crippen LogP contribution >= 0.6 is 0 Å². The number of rotatable bonds is 5. The quantitative estimate of drug-likeness (QED) is 0.635. The van der Waals surface area contributed by atoms with Crippen LogP contribution in [0.3, 0.4) is 0 Å². The Bertz CT molecular complexity index is 877. The van der Waals surface area contributed by atoms with E-state index < -0.39 is 17.3 Å². The number of carbonyl (C=O) groups is 2. The number of nitrogens with one attached hydrogen (secondary N) is 1. The maximum Gasteiger partial charge on any atom is 0.319 e. The second-order valence-electron chi connectivity index (χ2n) is 6.03. The van der Waals surface area contributed by atoms with Crippen LogP contribution in [0.1, 0.15) is 18.4 Å². The number of aryl methyl sites for hydroxylation is 1. The molecule has 0 spiro atoms. The average molecular weight is 336 g/mol. The topological polar surface area (TPSA) is 80.0 Å². The van der Waals surface area contributed by atoms with Gasteiger partial charge in [0.25, 0.3) is 0 Å². The first-order valence-corrected chi connectivity index (χ1v) is 7.75. The predicted molar refractivity (Wildman–Crippen MR) is 91.9 cm³/mol. The molecule has 3 rings (SSSR count). The number of nitrogens with zero attached hydrogens (tertiary/aromatic N) is 1. The highest BCUT2D eigenvalue weighted by Gasteiger charge is 2.57. The van der Waals surface area contributed by atoms with E-state index in [-0.39, 0.29) is 0 Å². The Kier molecular flexibility index (Phi) is 4.15. The molecule has 1 fully saturated rings. The van der Waals surface area contributed by atoms with Gasteiger partial charge in [0.1, 0.15) is 16.9 Å². The predicted octanol–water partition coefficient (Wildman–Crippen LogP) is 4.14. The molecule has 1 saturated carbocycles. The van der Waals surface area contributed by atoms with E-state index in [0.29, 0.717) is 35.7 Å². The van der Waals surface area contributed by atoms with Crippen LogP contribution in [-0.2, 0) is 9.59 Å². The van der Waals surface area contributed by atoms with Gasteiger partial charge >= 0.3 is 5.97 Å². The molecule has 6 heteroatoms. The lowest BCUT2D eigenvalue weighted by Gasteiger charge is -2.14. The van der Waals surface area contributed by atoms with E-state index in [1.165, 1.54) is 0 Å². The number of carboxylic acid groups (broad SMARTS) is 1. The zero-order chi connectivity index (χ0) is 18.0. The van der Waals surface area contributed by atoms with Crippen LogP contribution in [0.2, 0.25) is 0 Å². The van der Waals surface area contributed by atoms with Crippen molar-refractivity contribution in [1.29, 1.82) is 0 Å². The molecular formula is C19H16N2O4. The lowest BCUT2D eigenvalue weighted by atomic mass is 10.1. The summed E-state index contributed by atoms with van der Waals surface area (Å²) in [6.45, 7) is 8.82. The number of hydrogen-bond acceptors (Lipinski definition) is 3. The van der Waals surface area contributed by atoms with E-state index >= 15 is 0 Å². The van der Waals surface area contributed by atoms with Crippen molar-refractivity contribution in [3.05, 3.63) is 59.4 Å². The van der Waals surface area contributed by atoms with Gasteiger partial charge in [-0.1, -0.05) is 18.2 Å². The monoisotopic (exact) mass is 336 g/mol. The van der Waals surface area contributed by atoms with Crippen molar-refractivity contribution in [3.8, 4) is 11.5 Å².